The first kappa shape index (κ1) is 24.0. The van der Waals surface area contributed by atoms with Gasteiger partial charge in [0.2, 0.25) is 11.8 Å². The second-order valence-corrected chi connectivity index (χ2v) is 8.01. The van der Waals surface area contributed by atoms with E-state index in [9.17, 15) is 9.59 Å². The normalized spacial score (nSPS) is 11.5. The van der Waals surface area contributed by atoms with Crippen LogP contribution in [0.1, 0.15) is 30.0 Å². The largest absolute Gasteiger partial charge is 0.466 e. The molecule has 4 aromatic rings. The topological polar surface area (TPSA) is 106 Å². The monoisotopic (exact) mass is 490 g/mol. The Morgan fingerprint density at radius 1 is 0.971 bits per heavy atom. The van der Waals surface area contributed by atoms with Crippen LogP contribution >= 0.6 is 11.6 Å². The van der Waals surface area contributed by atoms with Crippen LogP contribution < -0.4 is 10.6 Å². The highest BCUT2D eigenvalue weighted by atomic mass is 35.5. The summed E-state index contributed by atoms with van der Waals surface area (Å²) in [5.41, 5.74) is 2.83. The molecule has 0 fully saturated rings. The molecule has 1 unspecified atom stereocenters. The Kier molecular flexibility index (Phi) is 7.74. The highest BCUT2D eigenvalue weighted by Gasteiger charge is 2.23. The van der Waals surface area contributed by atoms with E-state index in [2.05, 4.69) is 20.8 Å². The van der Waals surface area contributed by atoms with Gasteiger partial charge in [-0.3, -0.25) is 4.79 Å². The molecule has 0 saturated carbocycles. The summed E-state index contributed by atoms with van der Waals surface area (Å²) in [4.78, 5) is 24.5. The standard InChI is InChI=1S/C26H23ClN4O4/c1-2-34-22(32)16-17-8-14-21(15-9-17)28-26(33)29-23(18-10-12-20(27)13-11-18)25-31-30-24(35-25)19-6-4-3-5-7-19/h3-15,23H,2,16H2,1H3,(H2,28,29,33). The zero-order valence-corrected chi connectivity index (χ0v) is 19.7. The van der Waals surface area contributed by atoms with E-state index in [0.717, 1.165) is 16.7 Å². The van der Waals surface area contributed by atoms with Crippen molar-refractivity contribution in [2.24, 2.45) is 0 Å². The van der Waals surface area contributed by atoms with Crippen molar-refractivity contribution < 1.29 is 18.7 Å². The molecule has 3 aromatic carbocycles. The summed E-state index contributed by atoms with van der Waals surface area (Å²) < 4.78 is 10.9. The Morgan fingerprint density at radius 2 is 1.69 bits per heavy atom. The molecule has 1 aromatic heterocycles. The third-order valence-electron chi connectivity index (χ3n) is 5.05. The number of anilines is 1. The van der Waals surface area contributed by atoms with Gasteiger partial charge in [-0.25, -0.2) is 4.79 Å². The average Bonchev–Trinajstić information content (AvgIpc) is 3.35. The van der Waals surface area contributed by atoms with E-state index in [4.69, 9.17) is 20.8 Å². The van der Waals surface area contributed by atoms with Gasteiger partial charge < -0.3 is 19.8 Å². The molecular formula is C26H23ClN4O4. The molecule has 0 radical (unpaired) electrons. The number of hydrogen-bond donors (Lipinski definition) is 2. The van der Waals surface area contributed by atoms with Crippen LogP contribution in [0.5, 0.6) is 0 Å². The minimum absolute atomic E-state index is 0.167. The lowest BCUT2D eigenvalue weighted by Gasteiger charge is -2.16. The third-order valence-corrected chi connectivity index (χ3v) is 5.30. The molecular weight excluding hydrogens is 468 g/mol. The van der Waals surface area contributed by atoms with Crippen molar-refractivity contribution >= 4 is 29.3 Å². The Morgan fingerprint density at radius 3 is 2.37 bits per heavy atom. The molecule has 9 heteroatoms. The van der Waals surface area contributed by atoms with E-state index in [0.29, 0.717) is 23.2 Å². The highest BCUT2D eigenvalue weighted by molar-refractivity contribution is 6.30. The summed E-state index contributed by atoms with van der Waals surface area (Å²) in [5.74, 6) is 0.274. The molecule has 35 heavy (non-hydrogen) atoms. The van der Waals surface area contributed by atoms with E-state index in [1.54, 1.807) is 55.5 Å². The van der Waals surface area contributed by atoms with Gasteiger partial charge in [0.25, 0.3) is 0 Å². The number of esters is 1. The fraction of sp³-hybridized carbons (Fsp3) is 0.154. The fourth-order valence-corrected chi connectivity index (χ4v) is 3.50. The number of hydrogen-bond acceptors (Lipinski definition) is 6. The number of urea groups is 1. The van der Waals surface area contributed by atoms with Crippen molar-refractivity contribution in [3.05, 3.63) is 101 Å². The maximum Gasteiger partial charge on any atom is 0.320 e. The number of nitrogens with one attached hydrogen (secondary N) is 2. The first-order valence-corrected chi connectivity index (χ1v) is 11.4. The predicted molar refractivity (Wildman–Crippen MR) is 132 cm³/mol. The molecule has 2 N–H and O–H groups in total. The van der Waals surface area contributed by atoms with E-state index in [1.165, 1.54) is 0 Å². The van der Waals surface area contributed by atoms with Crippen LogP contribution in [-0.2, 0) is 16.0 Å². The van der Waals surface area contributed by atoms with E-state index >= 15 is 0 Å². The van der Waals surface area contributed by atoms with Gasteiger partial charge >= 0.3 is 12.0 Å². The number of halogens is 1. The first-order chi connectivity index (χ1) is 17.0. The van der Waals surface area contributed by atoms with Crippen molar-refractivity contribution in [2.75, 3.05) is 11.9 Å². The number of amides is 2. The Balaban J connectivity index is 1.50. The Hall–Kier alpha value is -4.17. The maximum absolute atomic E-state index is 12.8. The minimum Gasteiger partial charge on any atom is -0.466 e. The second kappa shape index (κ2) is 11.3. The van der Waals surface area contributed by atoms with Gasteiger partial charge in [0.05, 0.1) is 13.0 Å². The predicted octanol–water partition coefficient (Wildman–Crippen LogP) is 5.41. The Bertz CT molecular complexity index is 1270. The maximum atomic E-state index is 12.8. The molecule has 2 amide bonds. The number of nitrogens with zero attached hydrogens (tertiary/aromatic N) is 2. The van der Waals surface area contributed by atoms with Gasteiger partial charge in [-0.05, 0) is 54.4 Å². The van der Waals surface area contributed by atoms with Crippen LogP contribution in [0.2, 0.25) is 5.02 Å². The second-order valence-electron chi connectivity index (χ2n) is 7.57. The number of ether oxygens (including phenoxy) is 1. The van der Waals surface area contributed by atoms with E-state index < -0.39 is 12.1 Å². The quantitative estimate of drug-likeness (QED) is 0.320. The summed E-state index contributed by atoms with van der Waals surface area (Å²) >= 11 is 6.04. The van der Waals surface area contributed by atoms with Gasteiger partial charge in [-0.1, -0.05) is 54.1 Å². The zero-order valence-electron chi connectivity index (χ0n) is 18.9. The lowest BCUT2D eigenvalue weighted by molar-refractivity contribution is -0.142. The molecule has 0 bridgehead atoms. The van der Waals surface area contributed by atoms with E-state index in [-0.39, 0.29) is 18.3 Å². The summed E-state index contributed by atoms with van der Waals surface area (Å²) in [6.07, 6.45) is 0.167. The molecule has 0 spiro atoms. The van der Waals surface area contributed by atoms with Crippen LogP contribution in [0.15, 0.2) is 83.3 Å². The number of aromatic nitrogens is 2. The fourth-order valence-electron chi connectivity index (χ4n) is 3.37. The van der Waals surface area contributed by atoms with Crippen LogP contribution in [-0.4, -0.2) is 28.8 Å². The summed E-state index contributed by atoms with van der Waals surface area (Å²) in [5, 5.41) is 14.5. The lowest BCUT2D eigenvalue weighted by atomic mass is 10.1. The number of carbonyl (C=O) groups is 2. The smallest absolute Gasteiger partial charge is 0.320 e. The van der Waals surface area contributed by atoms with Gasteiger partial charge in [-0.15, -0.1) is 10.2 Å². The summed E-state index contributed by atoms with van der Waals surface area (Å²) in [6.45, 7) is 2.10. The molecule has 0 aliphatic heterocycles. The SMILES string of the molecule is CCOC(=O)Cc1ccc(NC(=O)NC(c2ccc(Cl)cc2)c2nnc(-c3ccccc3)o2)cc1. The van der Waals surface area contributed by atoms with Gasteiger partial charge in [0.1, 0.15) is 6.04 Å². The Labute approximate surface area is 207 Å². The number of rotatable bonds is 8. The van der Waals surface area contributed by atoms with Crippen molar-refractivity contribution in [2.45, 2.75) is 19.4 Å². The van der Waals surface area contributed by atoms with Gasteiger partial charge in [-0.2, -0.15) is 0 Å². The third kappa shape index (κ3) is 6.45. The van der Waals surface area contributed by atoms with Crippen LogP contribution in [0, 0.1) is 0 Å². The van der Waals surface area contributed by atoms with Crippen LogP contribution in [0.4, 0.5) is 10.5 Å². The average molecular weight is 491 g/mol. The first-order valence-electron chi connectivity index (χ1n) is 11.0. The van der Waals surface area contributed by atoms with E-state index in [1.807, 2.05) is 30.3 Å². The zero-order chi connectivity index (χ0) is 24.6. The number of carbonyl (C=O) groups excluding carboxylic acids is 2. The summed E-state index contributed by atoms with van der Waals surface area (Å²) in [7, 11) is 0. The molecule has 0 aliphatic carbocycles. The van der Waals surface area contributed by atoms with Crippen molar-refractivity contribution in [1.82, 2.24) is 15.5 Å². The van der Waals surface area contributed by atoms with Gasteiger partial charge in [0, 0.05) is 16.3 Å². The minimum atomic E-state index is -0.708. The molecule has 8 nitrogen and oxygen atoms in total. The molecule has 4 rings (SSSR count). The molecule has 0 aliphatic rings. The van der Waals surface area contributed by atoms with Crippen molar-refractivity contribution in [3.63, 3.8) is 0 Å². The van der Waals surface area contributed by atoms with Crippen molar-refractivity contribution in [3.8, 4) is 11.5 Å². The lowest BCUT2D eigenvalue weighted by Crippen LogP contribution is -2.33. The highest BCUT2D eigenvalue weighted by Crippen LogP contribution is 2.26. The molecule has 1 heterocycles. The molecule has 178 valence electrons. The van der Waals surface area contributed by atoms with Crippen molar-refractivity contribution in [1.29, 1.82) is 0 Å². The van der Waals surface area contributed by atoms with Gasteiger partial charge in [0.15, 0.2) is 0 Å². The molecule has 0 saturated heterocycles. The van der Waals surface area contributed by atoms with Crippen LogP contribution in [0.25, 0.3) is 11.5 Å². The van der Waals surface area contributed by atoms with Crippen LogP contribution in [0.3, 0.4) is 0 Å². The summed E-state index contributed by atoms with van der Waals surface area (Å²) in [6, 6.07) is 22.1. The molecule has 1 atom stereocenters. The number of benzene rings is 3.